The number of aromatic hydroxyl groups is 1. The third-order valence-corrected chi connectivity index (χ3v) is 5.45. The number of H-pyrrole nitrogens is 1. The van der Waals surface area contributed by atoms with Crippen LogP contribution in [0.5, 0.6) is 11.5 Å². The maximum absolute atomic E-state index is 12.6. The maximum atomic E-state index is 12.6. The highest BCUT2D eigenvalue weighted by atomic mass is 32.1. The minimum Gasteiger partial charge on any atom is -0.504 e. The molecule has 30 heavy (non-hydrogen) atoms. The molecule has 2 N–H and O–H groups in total. The second-order valence-corrected chi connectivity index (χ2v) is 7.45. The number of allylic oxidation sites excluding steroid dienone is 1. The van der Waals surface area contributed by atoms with Gasteiger partial charge in [0.15, 0.2) is 17.3 Å². The number of imidazole rings is 1. The molecule has 0 atom stereocenters. The first kappa shape index (κ1) is 19.5. The van der Waals surface area contributed by atoms with E-state index in [1.807, 2.05) is 17.5 Å². The lowest BCUT2D eigenvalue weighted by Gasteiger charge is -2.04. The zero-order valence-corrected chi connectivity index (χ0v) is 16.8. The number of phenolic OH excluding ortho intramolecular Hbond substituents is 1. The molecule has 0 fully saturated rings. The van der Waals surface area contributed by atoms with Crippen molar-refractivity contribution >= 4 is 23.2 Å². The normalized spacial score (nSPS) is 11.1. The molecule has 6 nitrogen and oxygen atoms in total. The fraction of sp³-hybridized carbons (Fsp3) is 0.0435. The number of nitrogens with zero attached hydrogens (tertiary/aromatic N) is 1. The van der Waals surface area contributed by atoms with Crippen molar-refractivity contribution in [3.8, 4) is 27.8 Å². The number of hydrogen-bond donors (Lipinski definition) is 2. The number of thiophene rings is 1. The third kappa shape index (κ3) is 3.97. The van der Waals surface area contributed by atoms with Gasteiger partial charge in [0.05, 0.1) is 23.4 Å². The Morgan fingerprint density at radius 1 is 1.17 bits per heavy atom. The quantitative estimate of drug-likeness (QED) is 0.357. The Morgan fingerprint density at radius 3 is 2.80 bits per heavy atom. The summed E-state index contributed by atoms with van der Waals surface area (Å²) in [4.78, 5) is 28.8. The zero-order chi connectivity index (χ0) is 21.1. The average Bonchev–Trinajstić information content (AvgIpc) is 3.43. The molecule has 0 saturated carbocycles. The molecule has 4 aromatic rings. The van der Waals surface area contributed by atoms with Gasteiger partial charge in [-0.05, 0) is 47.4 Å². The summed E-state index contributed by atoms with van der Waals surface area (Å²) in [5, 5.41) is 11.6. The molecule has 150 valence electrons. The number of phenols is 1. The summed E-state index contributed by atoms with van der Waals surface area (Å²) >= 11 is 1.54. The van der Waals surface area contributed by atoms with Crippen LogP contribution in [0.15, 0.2) is 77.0 Å². The van der Waals surface area contributed by atoms with Gasteiger partial charge >= 0.3 is 5.69 Å². The van der Waals surface area contributed by atoms with Crippen LogP contribution in [0.4, 0.5) is 0 Å². The van der Waals surface area contributed by atoms with Gasteiger partial charge in [-0.25, -0.2) is 4.79 Å². The zero-order valence-electron chi connectivity index (χ0n) is 16.0. The third-order valence-electron chi connectivity index (χ3n) is 4.55. The van der Waals surface area contributed by atoms with Crippen LogP contribution < -0.4 is 10.4 Å². The van der Waals surface area contributed by atoms with Crippen molar-refractivity contribution in [3.05, 3.63) is 93.9 Å². The lowest BCUT2D eigenvalue weighted by atomic mass is 10.1. The summed E-state index contributed by atoms with van der Waals surface area (Å²) < 4.78 is 6.56. The number of aromatic amines is 1. The molecule has 0 aliphatic carbocycles. The Labute approximate surface area is 176 Å². The highest BCUT2D eigenvalue weighted by Crippen LogP contribution is 2.27. The molecular weight excluding hydrogens is 400 g/mol. The number of carbonyl (C=O) groups is 1. The van der Waals surface area contributed by atoms with Crippen LogP contribution in [-0.4, -0.2) is 27.6 Å². The number of ether oxygens (including phenoxy) is 1. The van der Waals surface area contributed by atoms with Gasteiger partial charge in [0, 0.05) is 11.8 Å². The summed E-state index contributed by atoms with van der Waals surface area (Å²) in [5.41, 5.74) is 2.24. The molecule has 0 aliphatic heterocycles. The molecule has 4 rings (SSSR count). The summed E-state index contributed by atoms with van der Waals surface area (Å²) in [7, 11) is 1.46. The van der Waals surface area contributed by atoms with E-state index in [4.69, 9.17) is 4.74 Å². The second kappa shape index (κ2) is 8.26. The number of carbonyl (C=O) groups excluding carboxylic acids is 1. The molecule has 0 radical (unpaired) electrons. The molecule has 0 aliphatic rings. The van der Waals surface area contributed by atoms with Gasteiger partial charge in [-0.2, -0.15) is 0 Å². The largest absolute Gasteiger partial charge is 0.504 e. The molecule has 0 amide bonds. The molecule has 7 heteroatoms. The fourth-order valence-electron chi connectivity index (χ4n) is 3.02. The number of nitrogens with one attached hydrogen (secondary N) is 1. The summed E-state index contributed by atoms with van der Waals surface area (Å²) in [5.74, 6) is 0.165. The van der Waals surface area contributed by atoms with Crippen molar-refractivity contribution in [3.63, 3.8) is 0 Å². The van der Waals surface area contributed by atoms with Crippen LogP contribution >= 0.6 is 11.3 Å². The standard InChI is InChI=1S/C23H18N2O4S/c1-29-21-12-15(8-10-20(21)27)7-9-19(26)16-4-2-5-17(13-16)25-14-18(24-23(25)28)22-6-3-11-30-22/h2-14,27H,1H3,(H,24,28)/b9-7+. The highest BCUT2D eigenvalue weighted by molar-refractivity contribution is 7.13. The van der Waals surface area contributed by atoms with E-state index in [1.54, 1.807) is 48.7 Å². The molecule has 0 spiro atoms. The van der Waals surface area contributed by atoms with E-state index in [1.165, 1.54) is 35.2 Å². The van der Waals surface area contributed by atoms with Gasteiger partial charge in [-0.3, -0.25) is 9.36 Å². The summed E-state index contributed by atoms with van der Waals surface area (Å²) in [6.07, 6.45) is 4.83. The van der Waals surface area contributed by atoms with Gasteiger partial charge < -0.3 is 14.8 Å². The van der Waals surface area contributed by atoms with E-state index in [0.717, 1.165) is 16.1 Å². The van der Waals surface area contributed by atoms with Crippen molar-refractivity contribution in [2.45, 2.75) is 0 Å². The Kier molecular flexibility index (Phi) is 5.36. The minimum absolute atomic E-state index is 0.0348. The summed E-state index contributed by atoms with van der Waals surface area (Å²) in [6, 6.07) is 15.6. The minimum atomic E-state index is -0.269. The monoisotopic (exact) mass is 418 g/mol. The molecular formula is C23H18N2O4S. The van der Waals surface area contributed by atoms with Crippen molar-refractivity contribution in [2.24, 2.45) is 0 Å². The van der Waals surface area contributed by atoms with Crippen LogP contribution in [0, 0.1) is 0 Å². The summed E-state index contributed by atoms with van der Waals surface area (Å²) in [6.45, 7) is 0. The predicted octanol–water partition coefficient (Wildman–Crippen LogP) is 4.50. The molecule has 2 aromatic heterocycles. The smallest absolute Gasteiger partial charge is 0.330 e. The van der Waals surface area contributed by atoms with Crippen molar-refractivity contribution in [1.29, 1.82) is 0 Å². The number of hydrogen-bond acceptors (Lipinski definition) is 5. The molecule has 0 bridgehead atoms. The van der Waals surface area contributed by atoms with E-state index >= 15 is 0 Å². The first-order valence-corrected chi connectivity index (χ1v) is 9.98. The van der Waals surface area contributed by atoms with E-state index in [-0.39, 0.29) is 17.2 Å². The Balaban J connectivity index is 1.59. The van der Waals surface area contributed by atoms with Gasteiger partial charge in [0.2, 0.25) is 0 Å². The topological polar surface area (TPSA) is 84.3 Å². The number of benzene rings is 2. The Bertz CT molecular complexity index is 1280. The van der Waals surface area contributed by atoms with Crippen LogP contribution in [0.25, 0.3) is 22.3 Å². The number of rotatable bonds is 6. The van der Waals surface area contributed by atoms with Crippen molar-refractivity contribution in [1.82, 2.24) is 9.55 Å². The van der Waals surface area contributed by atoms with E-state index < -0.39 is 0 Å². The highest BCUT2D eigenvalue weighted by Gasteiger charge is 2.10. The van der Waals surface area contributed by atoms with Crippen LogP contribution in [0.2, 0.25) is 0 Å². The van der Waals surface area contributed by atoms with Gasteiger partial charge in [0.1, 0.15) is 0 Å². The molecule has 0 unspecified atom stereocenters. The van der Waals surface area contributed by atoms with Gasteiger partial charge in [0.25, 0.3) is 0 Å². The first-order chi connectivity index (χ1) is 14.5. The van der Waals surface area contributed by atoms with E-state index in [2.05, 4.69) is 4.98 Å². The molecule has 0 saturated heterocycles. The number of aromatic nitrogens is 2. The van der Waals surface area contributed by atoms with Crippen LogP contribution in [0.1, 0.15) is 15.9 Å². The van der Waals surface area contributed by atoms with Gasteiger partial charge in [-0.15, -0.1) is 11.3 Å². The van der Waals surface area contributed by atoms with Gasteiger partial charge in [-0.1, -0.05) is 30.3 Å². The fourth-order valence-corrected chi connectivity index (χ4v) is 3.71. The molecule has 2 aromatic carbocycles. The lowest BCUT2D eigenvalue weighted by Crippen LogP contribution is -2.14. The Morgan fingerprint density at radius 2 is 2.03 bits per heavy atom. The van der Waals surface area contributed by atoms with E-state index in [9.17, 15) is 14.7 Å². The lowest BCUT2D eigenvalue weighted by molar-refractivity contribution is 0.104. The Hall–Kier alpha value is -3.84. The van der Waals surface area contributed by atoms with Crippen molar-refractivity contribution < 1.29 is 14.6 Å². The first-order valence-electron chi connectivity index (χ1n) is 9.10. The molecule has 2 heterocycles. The average molecular weight is 418 g/mol. The number of methoxy groups -OCH3 is 1. The van der Waals surface area contributed by atoms with Crippen molar-refractivity contribution in [2.75, 3.05) is 7.11 Å². The van der Waals surface area contributed by atoms with Crippen LogP contribution in [-0.2, 0) is 0 Å². The number of ketones is 1. The second-order valence-electron chi connectivity index (χ2n) is 6.50. The van der Waals surface area contributed by atoms with E-state index in [0.29, 0.717) is 17.0 Å². The maximum Gasteiger partial charge on any atom is 0.330 e. The predicted molar refractivity (Wildman–Crippen MR) is 118 cm³/mol. The van der Waals surface area contributed by atoms with Crippen LogP contribution in [0.3, 0.4) is 0 Å². The SMILES string of the molecule is COc1cc(/C=C/C(=O)c2cccc(-n3cc(-c4cccs4)[nH]c3=O)c2)ccc1O.